The monoisotopic (exact) mass is 205 g/mol. The van der Waals surface area contributed by atoms with Crippen molar-refractivity contribution in [2.45, 2.75) is 0 Å². The van der Waals surface area contributed by atoms with Gasteiger partial charge in [-0.3, -0.25) is 4.79 Å². The fourth-order valence-corrected chi connectivity index (χ4v) is 1.60. The average molecular weight is 205 g/mol. The third kappa shape index (κ3) is 1.94. The number of rotatable bonds is 2. The van der Waals surface area contributed by atoms with Crippen molar-refractivity contribution in [2.24, 2.45) is 0 Å². The second kappa shape index (κ2) is 3.97. The smallest absolute Gasteiger partial charge is 0.256 e. The molecule has 4 nitrogen and oxygen atoms in total. The van der Waals surface area contributed by atoms with Crippen molar-refractivity contribution in [3.63, 3.8) is 0 Å². The van der Waals surface area contributed by atoms with Gasteiger partial charge in [0.2, 0.25) is 0 Å². The summed E-state index contributed by atoms with van der Waals surface area (Å²) in [5.74, 6) is -0.138. The lowest BCUT2D eigenvalue weighted by atomic mass is 10.3. The van der Waals surface area contributed by atoms with Crippen LogP contribution in [-0.4, -0.2) is 15.9 Å². The standard InChI is InChI=1S/C9H7N3OS/c13-9(7-1-2-14-5-7)12-8-3-10-6-11-4-8/h1-6H,(H,12,13). The highest BCUT2D eigenvalue weighted by Crippen LogP contribution is 2.09. The van der Waals surface area contributed by atoms with Crippen LogP contribution >= 0.6 is 11.3 Å². The van der Waals surface area contributed by atoms with E-state index in [0.29, 0.717) is 11.3 Å². The van der Waals surface area contributed by atoms with Gasteiger partial charge in [-0.05, 0) is 11.4 Å². The van der Waals surface area contributed by atoms with Gasteiger partial charge in [0.15, 0.2) is 0 Å². The Hall–Kier alpha value is -1.75. The minimum Gasteiger partial charge on any atom is -0.319 e. The first-order chi connectivity index (χ1) is 6.86. The van der Waals surface area contributed by atoms with Crippen molar-refractivity contribution >= 4 is 22.9 Å². The van der Waals surface area contributed by atoms with Crippen LogP contribution in [0.2, 0.25) is 0 Å². The summed E-state index contributed by atoms with van der Waals surface area (Å²) in [6.07, 6.45) is 4.52. The zero-order valence-electron chi connectivity index (χ0n) is 7.18. The molecule has 14 heavy (non-hydrogen) atoms. The summed E-state index contributed by atoms with van der Waals surface area (Å²) >= 11 is 1.49. The molecule has 1 N–H and O–H groups in total. The second-order valence-corrected chi connectivity index (χ2v) is 3.37. The molecular formula is C9H7N3OS. The van der Waals surface area contributed by atoms with Crippen LogP contribution in [0.5, 0.6) is 0 Å². The van der Waals surface area contributed by atoms with Gasteiger partial charge in [0, 0.05) is 5.38 Å². The molecule has 2 rings (SSSR count). The third-order valence-electron chi connectivity index (χ3n) is 1.60. The van der Waals surface area contributed by atoms with Gasteiger partial charge in [-0.15, -0.1) is 0 Å². The summed E-state index contributed by atoms with van der Waals surface area (Å²) in [6, 6.07) is 1.77. The highest BCUT2D eigenvalue weighted by atomic mass is 32.1. The molecule has 1 amide bonds. The summed E-state index contributed by atoms with van der Waals surface area (Å²) in [5, 5.41) is 6.34. The Morgan fingerprint density at radius 2 is 2.14 bits per heavy atom. The van der Waals surface area contributed by atoms with Crippen LogP contribution in [0, 0.1) is 0 Å². The first-order valence-corrected chi connectivity index (χ1v) is 4.89. The molecule has 70 valence electrons. The van der Waals surface area contributed by atoms with Crippen LogP contribution in [0.15, 0.2) is 35.5 Å². The summed E-state index contributed by atoms with van der Waals surface area (Å²) in [6.45, 7) is 0. The summed E-state index contributed by atoms with van der Waals surface area (Å²) in [7, 11) is 0. The summed E-state index contributed by atoms with van der Waals surface area (Å²) in [4.78, 5) is 19.1. The molecule has 0 spiro atoms. The lowest BCUT2D eigenvalue weighted by Gasteiger charge is -2.00. The van der Waals surface area contributed by atoms with Crippen molar-refractivity contribution in [3.8, 4) is 0 Å². The van der Waals surface area contributed by atoms with E-state index in [0.717, 1.165) is 0 Å². The van der Waals surface area contributed by atoms with Crippen LogP contribution in [0.25, 0.3) is 0 Å². The number of aromatic nitrogens is 2. The zero-order chi connectivity index (χ0) is 9.80. The Labute approximate surface area is 84.6 Å². The van der Waals surface area contributed by atoms with E-state index in [9.17, 15) is 4.79 Å². The molecule has 0 aliphatic rings. The Morgan fingerprint density at radius 3 is 2.79 bits per heavy atom. The van der Waals surface area contributed by atoms with Crippen LogP contribution in [0.1, 0.15) is 10.4 Å². The highest BCUT2D eigenvalue weighted by molar-refractivity contribution is 7.08. The van der Waals surface area contributed by atoms with Gasteiger partial charge in [-0.2, -0.15) is 11.3 Å². The fourth-order valence-electron chi connectivity index (χ4n) is 0.961. The van der Waals surface area contributed by atoms with E-state index in [4.69, 9.17) is 0 Å². The SMILES string of the molecule is O=C(Nc1cncnc1)c1ccsc1. The van der Waals surface area contributed by atoms with E-state index in [1.54, 1.807) is 23.8 Å². The second-order valence-electron chi connectivity index (χ2n) is 2.59. The Balaban J connectivity index is 2.10. The Bertz CT molecular complexity index is 413. The number of carbonyl (C=O) groups is 1. The maximum absolute atomic E-state index is 11.5. The van der Waals surface area contributed by atoms with Gasteiger partial charge in [-0.25, -0.2) is 9.97 Å². The lowest BCUT2D eigenvalue weighted by Crippen LogP contribution is -2.10. The Kier molecular flexibility index (Phi) is 2.51. The van der Waals surface area contributed by atoms with Crippen LogP contribution in [0.3, 0.4) is 0 Å². The number of nitrogens with one attached hydrogen (secondary N) is 1. The molecule has 0 saturated heterocycles. The molecule has 0 unspecified atom stereocenters. The van der Waals surface area contributed by atoms with E-state index >= 15 is 0 Å². The first kappa shape index (κ1) is 8.83. The minimum atomic E-state index is -0.138. The predicted molar refractivity (Wildman–Crippen MR) is 54.3 cm³/mol. The number of amides is 1. The van der Waals surface area contributed by atoms with Crippen LogP contribution in [-0.2, 0) is 0 Å². The molecule has 5 heteroatoms. The fraction of sp³-hybridized carbons (Fsp3) is 0. The maximum atomic E-state index is 11.5. The predicted octanol–water partition coefficient (Wildman–Crippen LogP) is 1.79. The molecule has 0 aliphatic carbocycles. The normalized spacial score (nSPS) is 9.71. The van der Waals surface area contributed by atoms with Crippen molar-refractivity contribution in [3.05, 3.63) is 41.1 Å². The molecule has 0 saturated carbocycles. The Morgan fingerprint density at radius 1 is 1.36 bits per heavy atom. The summed E-state index contributed by atoms with van der Waals surface area (Å²) in [5.41, 5.74) is 1.25. The largest absolute Gasteiger partial charge is 0.319 e. The van der Waals surface area contributed by atoms with Gasteiger partial charge in [0.25, 0.3) is 5.91 Å². The maximum Gasteiger partial charge on any atom is 0.256 e. The lowest BCUT2D eigenvalue weighted by molar-refractivity contribution is 0.102. The molecule has 0 aromatic carbocycles. The number of nitrogens with zero attached hydrogens (tertiary/aromatic N) is 2. The van der Waals surface area contributed by atoms with Crippen molar-refractivity contribution in [1.29, 1.82) is 0 Å². The molecule has 0 fully saturated rings. The topological polar surface area (TPSA) is 54.9 Å². The van der Waals surface area contributed by atoms with Crippen molar-refractivity contribution in [2.75, 3.05) is 5.32 Å². The summed E-state index contributed by atoms with van der Waals surface area (Å²) < 4.78 is 0. The minimum absolute atomic E-state index is 0.138. The van der Waals surface area contributed by atoms with E-state index < -0.39 is 0 Å². The molecule has 2 heterocycles. The van der Waals surface area contributed by atoms with Crippen LogP contribution in [0.4, 0.5) is 5.69 Å². The molecule has 2 aromatic heterocycles. The zero-order valence-corrected chi connectivity index (χ0v) is 7.99. The molecule has 2 aromatic rings. The van der Waals surface area contributed by atoms with E-state index in [1.807, 2.05) is 5.38 Å². The van der Waals surface area contributed by atoms with Gasteiger partial charge in [-0.1, -0.05) is 0 Å². The number of thiophene rings is 1. The van der Waals surface area contributed by atoms with E-state index in [2.05, 4.69) is 15.3 Å². The number of hydrogen-bond acceptors (Lipinski definition) is 4. The van der Waals surface area contributed by atoms with E-state index in [-0.39, 0.29) is 5.91 Å². The van der Waals surface area contributed by atoms with Gasteiger partial charge in [0.1, 0.15) is 6.33 Å². The average Bonchev–Trinajstić information content (AvgIpc) is 2.72. The first-order valence-electron chi connectivity index (χ1n) is 3.95. The number of anilines is 1. The number of hydrogen-bond donors (Lipinski definition) is 1. The quantitative estimate of drug-likeness (QED) is 0.813. The van der Waals surface area contributed by atoms with Gasteiger partial charge in [0.05, 0.1) is 23.6 Å². The van der Waals surface area contributed by atoms with Gasteiger partial charge < -0.3 is 5.32 Å². The van der Waals surface area contributed by atoms with Crippen LogP contribution < -0.4 is 5.32 Å². The molecule has 0 bridgehead atoms. The van der Waals surface area contributed by atoms with Gasteiger partial charge >= 0.3 is 0 Å². The molecule has 0 atom stereocenters. The third-order valence-corrected chi connectivity index (χ3v) is 2.29. The molecule has 0 radical (unpaired) electrons. The van der Waals surface area contributed by atoms with E-state index in [1.165, 1.54) is 17.7 Å². The van der Waals surface area contributed by atoms with Crippen molar-refractivity contribution < 1.29 is 4.79 Å². The molecular weight excluding hydrogens is 198 g/mol. The highest BCUT2D eigenvalue weighted by Gasteiger charge is 2.05. The van der Waals surface area contributed by atoms with Crippen molar-refractivity contribution in [1.82, 2.24) is 9.97 Å². The number of carbonyl (C=O) groups excluding carboxylic acids is 1. The molecule has 0 aliphatic heterocycles.